The average molecular weight is 400 g/mol. The Bertz CT molecular complexity index is 1230. The van der Waals surface area contributed by atoms with Crippen LogP contribution in [0.4, 0.5) is 5.82 Å². The summed E-state index contributed by atoms with van der Waals surface area (Å²) in [6.45, 7) is 0.229. The summed E-state index contributed by atoms with van der Waals surface area (Å²) in [6.07, 6.45) is 1.11. The van der Waals surface area contributed by atoms with Crippen molar-refractivity contribution in [3.8, 4) is 0 Å². The average Bonchev–Trinajstić information content (AvgIpc) is 3.22. The first kappa shape index (κ1) is 18.1. The first-order valence-corrected chi connectivity index (χ1v) is 10.2. The molecule has 0 atom stereocenters. The van der Waals surface area contributed by atoms with Crippen LogP contribution >= 0.6 is 0 Å². The number of aromatic nitrogens is 2. The lowest BCUT2D eigenvalue weighted by molar-refractivity contribution is 0.0693. The molecule has 0 spiro atoms. The Labute approximate surface area is 160 Å². The van der Waals surface area contributed by atoms with Crippen molar-refractivity contribution in [2.75, 3.05) is 11.6 Å². The summed E-state index contributed by atoms with van der Waals surface area (Å²) < 4.78 is 24.8. The third kappa shape index (κ3) is 3.02. The lowest BCUT2D eigenvalue weighted by Crippen LogP contribution is -2.24. The molecule has 3 N–H and O–H groups in total. The number of carboxylic acids is 1. The second-order valence-electron chi connectivity index (χ2n) is 6.53. The van der Waals surface area contributed by atoms with Gasteiger partial charge in [-0.25, -0.2) is 13.2 Å². The monoisotopic (exact) mass is 400 g/mol. The number of sulfonamides is 1. The number of rotatable bonds is 4. The Morgan fingerprint density at radius 2 is 1.93 bits per heavy atom. The van der Waals surface area contributed by atoms with Gasteiger partial charge in [-0.05, 0) is 16.8 Å². The van der Waals surface area contributed by atoms with Gasteiger partial charge >= 0.3 is 5.97 Å². The van der Waals surface area contributed by atoms with Crippen LogP contribution < -0.4 is 5.32 Å². The van der Waals surface area contributed by atoms with E-state index in [4.69, 9.17) is 0 Å². The van der Waals surface area contributed by atoms with Crippen LogP contribution in [0.25, 0.3) is 10.8 Å². The largest absolute Gasteiger partial charge is 0.478 e. The summed E-state index contributed by atoms with van der Waals surface area (Å²) in [5, 5.41) is 20.2. The van der Waals surface area contributed by atoms with Crippen molar-refractivity contribution in [3.63, 3.8) is 0 Å². The Kier molecular flexibility index (Phi) is 4.16. The molecular weight excluding hydrogens is 384 g/mol. The van der Waals surface area contributed by atoms with E-state index in [1.54, 1.807) is 30.3 Å². The number of amides is 1. The summed E-state index contributed by atoms with van der Waals surface area (Å²) in [6, 6.07) is 10.0. The number of nitrogens with one attached hydrogen (secondary N) is 2. The number of H-pyrrole nitrogens is 1. The number of benzene rings is 2. The molecular formula is C18H16N4O5S. The molecule has 0 saturated carbocycles. The first-order valence-electron chi connectivity index (χ1n) is 8.33. The molecule has 9 nitrogen and oxygen atoms in total. The topological polar surface area (TPSA) is 132 Å². The Hall–Kier alpha value is -3.24. The molecule has 144 valence electrons. The zero-order chi connectivity index (χ0) is 20.1. The number of aromatic carboxylic acids is 1. The van der Waals surface area contributed by atoms with Crippen LogP contribution in [0.2, 0.25) is 0 Å². The molecule has 0 bridgehead atoms. The van der Waals surface area contributed by atoms with Crippen molar-refractivity contribution in [2.45, 2.75) is 13.1 Å². The third-order valence-electron chi connectivity index (χ3n) is 4.71. The third-order valence-corrected chi connectivity index (χ3v) is 5.91. The van der Waals surface area contributed by atoms with E-state index in [9.17, 15) is 23.1 Å². The molecule has 10 heteroatoms. The van der Waals surface area contributed by atoms with Gasteiger partial charge in [0, 0.05) is 12.1 Å². The number of nitrogens with zero attached hydrogens (tertiary/aromatic N) is 2. The highest BCUT2D eigenvalue weighted by Gasteiger charge is 2.31. The number of aromatic amines is 1. The predicted octanol–water partition coefficient (Wildman–Crippen LogP) is 1.79. The van der Waals surface area contributed by atoms with E-state index in [1.807, 2.05) is 0 Å². The molecule has 0 fully saturated rings. The summed E-state index contributed by atoms with van der Waals surface area (Å²) >= 11 is 0. The van der Waals surface area contributed by atoms with Crippen molar-refractivity contribution in [3.05, 3.63) is 58.8 Å². The van der Waals surface area contributed by atoms with E-state index in [0.717, 1.165) is 11.6 Å². The SMILES string of the molecule is CS(=O)(=O)N1Cc2[nH]nc(NC(=O)c3c(C(=O)O)ccc4ccccc34)c2C1. The molecule has 0 radical (unpaired) electrons. The van der Waals surface area contributed by atoms with Gasteiger partial charge in [0.2, 0.25) is 10.0 Å². The number of carbonyl (C=O) groups excluding carboxylic acids is 1. The lowest BCUT2D eigenvalue weighted by atomic mass is 9.98. The minimum Gasteiger partial charge on any atom is -0.478 e. The van der Waals surface area contributed by atoms with E-state index < -0.39 is 21.9 Å². The van der Waals surface area contributed by atoms with Crippen molar-refractivity contribution in [1.82, 2.24) is 14.5 Å². The zero-order valence-corrected chi connectivity index (χ0v) is 15.6. The van der Waals surface area contributed by atoms with Gasteiger partial charge in [-0.15, -0.1) is 0 Å². The van der Waals surface area contributed by atoms with Crippen LogP contribution in [0.3, 0.4) is 0 Å². The number of hydrogen-bond donors (Lipinski definition) is 3. The Morgan fingerprint density at radius 3 is 2.64 bits per heavy atom. The molecule has 1 aliphatic rings. The fraction of sp³-hybridized carbons (Fsp3) is 0.167. The Balaban J connectivity index is 1.72. The van der Waals surface area contributed by atoms with Gasteiger partial charge in [0.05, 0.1) is 29.6 Å². The molecule has 1 aromatic heterocycles. The van der Waals surface area contributed by atoms with Crippen LogP contribution in [0, 0.1) is 0 Å². The fourth-order valence-electron chi connectivity index (χ4n) is 3.31. The highest BCUT2D eigenvalue weighted by Crippen LogP contribution is 2.30. The molecule has 0 saturated heterocycles. The second kappa shape index (κ2) is 6.43. The van der Waals surface area contributed by atoms with Crippen LogP contribution in [0.15, 0.2) is 36.4 Å². The lowest BCUT2D eigenvalue weighted by Gasteiger charge is -2.13. The quantitative estimate of drug-likeness (QED) is 0.612. The predicted molar refractivity (Wildman–Crippen MR) is 102 cm³/mol. The van der Waals surface area contributed by atoms with Gasteiger partial charge in [0.15, 0.2) is 5.82 Å². The van der Waals surface area contributed by atoms with Crippen LogP contribution in [-0.4, -0.2) is 46.2 Å². The maximum Gasteiger partial charge on any atom is 0.336 e. The molecule has 4 rings (SSSR count). The maximum atomic E-state index is 13.0. The van der Waals surface area contributed by atoms with Gasteiger partial charge in [0.25, 0.3) is 5.91 Å². The highest BCUT2D eigenvalue weighted by atomic mass is 32.2. The zero-order valence-electron chi connectivity index (χ0n) is 14.8. The maximum absolute atomic E-state index is 13.0. The van der Waals surface area contributed by atoms with E-state index in [1.165, 1.54) is 10.4 Å². The molecule has 2 heterocycles. The van der Waals surface area contributed by atoms with Crippen LogP contribution in [0.1, 0.15) is 32.0 Å². The van der Waals surface area contributed by atoms with Gasteiger partial charge in [-0.1, -0.05) is 30.3 Å². The molecule has 1 amide bonds. The molecule has 28 heavy (non-hydrogen) atoms. The van der Waals surface area contributed by atoms with Crippen molar-refractivity contribution in [1.29, 1.82) is 0 Å². The van der Waals surface area contributed by atoms with Crippen molar-refractivity contribution >= 4 is 38.5 Å². The van der Waals surface area contributed by atoms with E-state index in [2.05, 4.69) is 15.5 Å². The van der Waals surface area contributed by atoms with Crippen molar-refractivity contribution < 1.29 is 23.1 Å². The number of carbonyl (C=O) groups is 2. The Morgan fingerprint density at radius 1 is 1.18 bits per heavy atom. The van der Waals surface area contributed by atoms with Crippen LogP contribution in [-0.2, 0) is 23.1 Å². The number of anilines is 1. The fourth-order valence-corrected chi connectivity index (χ4v) is 4.04. The molecule has 0 unspecified atom stereocenters. The van der Waals surface area contributed by atoms with E-state index in [0.29, 0.717) is 16.6 Å². The van der Waals surface area contributed by atoms with Gasteiger partial charge in [0.1, 0.15) is 0 Å². The molecule has 3 aromatic rings. The van der Waals surface area contributed by atoms with E-state index in [-0.39, 0.29) is 30.0 Å². The molecule has 0 aliphatic carbocycles. The van der Waals surface area contributed by atoms with Gasteiger partial charge < -0.3 is 10.4 Å². The van der Waals surface area contributed by atoms with Gasteiger partial charge in [-0.2, -0.15) is 9.40 Å². The van der Waals surface area contributed by atoms with E-state index >= 15 is 0 Å². The summed E-state index contributed by atoms with van der Waals surface area (Å²) in [7, 11) is -3.39. The number of fused-ring (bicyclic) bond motifs is 2. The minimum atomic E-state index is -3.39. The first-order chi connectivity index (χ1) is 13.3. The number of hydrogen-bond acceptors (Lipinski definition) is 5. The van der Waals surface area contributed by atoms with Gasteiger partial charge in [-0.3, -0.25) is 9.89 Å². The second-order valence-corrected chi connectivity index (χ2v) is 8.51. The smallest absolute Gasteiger partial charge is 0.336 e. The standard InChI is InChI=1S/C18H16N4O5S/c1-28(26,27)22-8-13-14(9-22)20-21-16(13)19-17(23)15-11-5-3-2-4-10(11)6-7-12(15)18(24)25/h2-7H,8-9H2,1H3,(H,24,25)(H2,19,20,21,23). The summed E-state index contributed by atoms with van der Waals surface area (Å²) in [4.78, 5) is 24.6. The molecule has 1 aliphatic heterocycles. The summed E-state index contributed by atoms with van der Waals surface area (Å²) in [5.74, 6) is -1.65. The highest BCUT2D eigenvalue weighted by molar-refractivity contribution is 7.88. The normalized spacial score (nSPS) is 14.2. The minimum absolute atomic E-state index is 0.0281. The van der Waals surface area contributed by atoms with Crippen molar-refractivity contribution in [2.24, 2.45) is 0 Å². The molecule has 2 aromatic carbocycles. The summed E-state index contributed by atoms with van der Waals surface area (Å²) in [5.41, 5.74) is 1.06. The number of carboxylic acid groups (broad SMARTS) is 1. The van der Waals surface area contributed by atoms with Crippen LogP contribution in [0.5, 0.6) is 0 Å².